The largest absolute Gasteiger partial charge is 0.481 e. The minimum Gasteiger partial charge on any atom is -0.481 e. The maximum atomic E-state index is 10.4. The molecule has 4 N–H and O–H groups in total. The Kier molecular flexibility index (Phi) is 3.42. The van der Waals surface area contributed by atoms with Crippen molar-refractivity contribution in [3.8, 4) is 0 Å². The SMILES string of the molecule is CNC(CC(=O)O)C(N)=O. The molecule has 0 bridgehead atoms. The van der Waals surface area contributed by atoms with Gasteiger partial charge in [-0.2, -0.15) is 0 Å². The summed E-state index contributed by atoms with van der Waals surface area (Å²) in [4.78, 5) is 20.4. The Bertz CT molecular complexity index is 146. The van der Waals surface area contributed by atoms with Gasteiger partial charge in [0.2, 0.25) is 5.91 Å². The highest BCUT2D eigenvalue weighted by molar-refractivity contribution is 5.84. The van der Waals surface area contributed by atoms with Crippen LogP contribution in [0.3, 0.4) is 0 Å². The molecule has 0 aliphatic carbocycles. The molecule has 5 nitrogen and oxygen atoms in total. The molecule has 1 atom stereocenters. The van der Waals surface area contributed by atoms with Gasteiger partial charge in [-0.25, -0.2) is 0 Å². The van der Waals surface area contributed by atoms with Gasteiger partial charge in [0.05, 0.1) is 12.5 Å². The lowest BCUT2D eigenvalue weighted by atomic mass is 10.2. The second-order valence-corrected chi connectivity index (χ2v) is 1.84. The Morgan fingerprint density at radius 3 is 2.30 bits per heavy atom. The number of nitrogens with two attached hydrogens (primary N) is 1. The van der Waals surface area contributed by atoms with Crippen molar-refractivity contribution in [2.75, 3.05) is 7.05 Å². The molecule has 0 aliphatic rings. The third-order valence-corrected chi connectivity index (χ3v) is 1.07. The number of hydrogen-bond acceptors (Lipinski definition) is 3. The smallest absolute Gasteiger partial charge is 0.305 e. The first-order valence-electron chi connectivity index (χ1n) is 2.76. The number of carboxylic acids is 1. The van der Waals surface area contributed by atoms with E-state index in [0.717, 1.165) is 0 Å². The summed E-state index contributed by atoms with van der Waals surface area (Å²) >= 11 is 0. The average Bonchev–Trinajstić information content (AvgIpc) is 1.81. The van der Waals surface area contributed by atoms with Gasteiger partial charge in [-0.05, 0) is 7.05 Å². The quantitative estimate of drug-likeness (QED) is 0.451. The molecule has 0 fully saturated rings. The van der Waals surface area contributed by atoms with E-state index in [9.17, 15) is 9.59 Å². The van der Waals surface area contributed by atoms with Crippen molar-refractivity contribution in [1.29, 1.82) is 0 Å². The van der Waals surface area contributed by atoms with Gasteiger partial charge in [0, 0.05) is 0 Å². The van der Waals surface area contributed by atoms with Crippen molar-refractivity contribution < 1.29 is 14.7 Å². The van der Waals surface area contributed by atoms with E-state index in [0.29, 0.717) is 0 Å². The first-order chi connectivity index (χ1) is 4.57. The first-order valence-corrected chi connectivity index (χ1v) is 2.76. The fourth-order valence-electron chi connectivity index (χ4n) is 0.520. The van der Waals surface area contributed by atoms with Crippen molar-refractivity contribution in [2.24, 2.45) is 5.73 Å². The number of rotatable bonds is 4. The lowest BCUT2D eigenvalue weighted by molar-refractivity contribution is -0.139. The van der Waals surface area contributed by atoms with Crippen LogP contribution >= 0.6 is 0 Å². The Morgan fingerprint density at radius 1 is 1.70 bits per heavy atom. The van der Waals surface area contributed by atoms with Crippen LogP contribution in [0.5, 0.6) is 0 Å². The zero-order valence-corrected chi connectivity index (χ0v) is 5.63. The van der Waals surface area contributed by atoms with Crippen LogP contribution in [-0.2, 0) is 9.59 Å². The third-order valence-electron chi connectivity index (χ3n) is 1.07. The van der Waals surface area contributed by atoms with E-state index >= 15 is 0 Å². The van der Waals surface area contributed by atoms with Crippen LogP contribution in [0.2, 0.25) is 0 Å². The minimum absolute atomic E-state index is 0.272. The van der Waals surface area contributed by atoms with Gasteiger partial charge in [-0.1, -0.05) is 0 Å². The number of hydrogen-bond donors (Lipinski definition) is 3. The van der Waals surface area contributed by atoms with Crippen LogP contribution in [-0.4, -0.2) is 30.1 Å². The van der Waals surface area contributed by atoms with E-state index in [1.54, 1.807) is 0 Å². The molecule has 0 saturated heterocycles. The van der Waals surface area contributed by atoms with Crippen LogP contribution in [0.25, 0.3) is 0 Å². The summed E-state index contributed by atoms with van der Waals surface area (Å²) < 4.78 is 0. The summed E-state index contributed by atoms with van der Waals surface area (Å²) in [6.07, 6.45) is -0.272. The summed E-state index contributed by atoms with van der Waals surface area (Å²) in [5.41, 5.74) is 4.83. The summed E-state index contributed by atoms with van der Waals surface area (Å²) in [5, 5.41) is 10.7. The standard InChI is InChI=1S/C5H10N2O3/c1-7-3(5(6)10)2-4(8)9/h3,7H,2H2,1H3,(H2,6,10)(H,8,9). The van der Waals surface area contributed by atoms with Crippen LogP contribution in [0, 0.1) is 0 Å². The van der Waals surface area contributed by atoms with Crippen LogP contribution in [0.15, 0.2) is 0 Å². The van der Waals surface area contributed by atoms with Gasteiger partial charge in [-0.15, -0.1) is 0 Å². The number of carbonyl (C=O) groups is 2. The van der Waals surface area contributed by atoms with Crippen molar-refractivity contribution in [3.05, 3.63) is 0 Å². The predicted octanol–water partition coefficient (Wildman–Crippen LogP) is -1.47. The molecule has 58 valence electrons. The highest BCUT2D eigenvalue weighted by Crippen LogP contribution is 1.88. The van der Waals surface area contributed by atoms with Crippen molar-refractivity contribution in [1.82, 2.24) is 5.32 Å². The molecular weight excluding hydrogens is 136 g/mol. The van der Waals surface area contributed by atoms with Gasteiger partial charge in [0.25, 0.3) is 0 Å². The number of nitrogens with one attached hydrogen (secondary N) is 1. The molecule has 10 heavy (non-hydrogen) atoms. The molecule has 0 rings (SSSR count). The van der Waals surface area contributed by atoms with Gasteiger partial charge in [0.1, 0.15) is 0 Å². The minimum atomic E-state index is -1.04. The van der Waals surface area contributed by atoms with E-state index in [4.69, 9.17) is 10.8 Å². The fourth-order valence-corrected chi connectivity index (χ4v) is 0.520. The monoisotopic (exact) mass is 146 g/mol. The lowest BCUT2D eigenvalue weighted by Crippen LogP contribution is -2.40. The summed E-state index contributed by atoms with van der Waals surface area (Å²) in [5.74, 6) is -1.69. The topological polar surface area (TPSA) is 92.4 Å². The van der Waals surface area contributed by atoms with Gasteiger partial charge >= 0.3 is 5.97 Å². The Labute approximate surface area is 58.2 Å². The zero-order chi connectivity index (χ0) is 8.15. The summed E-state index contributed by atoms with van der Waals surface area (Å²) in [6, 6.07) is -0.766. The lowest BCUT2D eigenvalue weighted by Gasteiger charge is -2.07. The molecule has 0 saturated carbocycles. The molecule has 0 heterocycles. The zero-order valence-electron chi connectivity index (χ0n) is 5.63. The van der Waals surface area contributed by atoms with E-state index in [1.165, 1.54) is 7.05 Å². The predicted molar refractivity (Wildman–Crippen MR) is 34.3 cm³/mol. The second-order valence-electron chi connectivity index (χ2n) is 1.84. The molecule has 5 heteroatoms. The number of likely N-dealkylation sites (N-methyl/N-ethyl adjacent to an activating group) is 1. The number of primary amides is 1. The summed E-state index contributed by atoms with van der Waals surface area (Å²) in [7, 11) is 1.48. The van der Waals surface area contributed by atoms with Crippen LogP contribution < -0.4 is 11.1 Å². The van der Waals surface area contributed by atoms with Crippen LogP contribution in [0.4, 0.5) is 0 Å². The van der Waals surface area contributed by atoms with Crippen molar-refractivity contribution in [3.63, 3.8) is 0 Å². The Morgan fingerprint density at radius 2 is 2.20 bits per heavy atom. The molecule has 1 unspecified atom stereocenters. The van der Waals surface area contributed by atoms with Crippen molar-refractivity contribution >= 4 is 11.9 Å². The first kappa shape index (κ1) is 8.90. The normalized spacial score (nSPS) is 12.5. The number of amides is 1. The molecular formula is C5H10N2O3. The summed E-state index contributed by atoms with van der Waals surface area (Å²) in [6.45, 7) is 0. The fraction of sp³-hybridized carbons (Fsp3) is 0.600. The third kappa shape index (κ3) is 3.03. The maximum absolute atomic E-state index is 10.4. The molecule has 0 spiro atoms. The highest BCUT2D eigenvalue weighted by atomic mass is 16.4. The van der Waals surface area contributed by atoms with Gasteiger partial charge in [0.15, 0.2) is 0 Å². The average molecular weight is 146 g/mol. The van der Waals surface area contributed by atoms with Crippen molar-refractivity contribution in [2.45, 2.75) is 12.5 Å². The molecule has 0 aromatic heterocycles. The van der Waals surface area contributed by atoms with E-state index in [-0.39, 0.29) is 6.42 Å². The molecule has 0 radical (unpaired) electrons. The molecule has 1 amide bonds. The molecule has 0 aliphatic heterocycles. The number of aliphatic carboxylic acids is 1. The molecule has 0 aromatic rings. The van der Waals surface area contributed by atoms with E-state index in [2.05, 4.69) is 5.32 Å². The van der Waals surface area contributed by atoms with Gasteiger partial charge in [-0.3, -0.25) is 9.59 Å². The highest BCUT2D eigenvalue weighted by Gasteiger charge is 2.15. The van der Waals surface area contributed by atoms with Crippen LogP contribution in [0.1, 0.15) is 6.42 Å². The number of carbonyl (C=O) groups excluding carboxylic acids is 1. The Hall–Kier alpha value is -1.10. The van der Waals surface area contributed by atoms with Gasteiger partial charge < -0.3 is 16.2 Å². The second kappa shape index (κ2) is 3.84. The van der Waals surface area contributed by atoms with E-state index in [1.807, 2.05) is 0 Å². The Balaban J connectivity index is 3.83. The maximum Gasteiger partial charge on any atom is 0.305 e. The van der Waals surface area contributed by atoms with E-state index < -0.39 is 17.9 Å². The molecule has 0 aromatic carbocycles. The number of carboxylic acid groups (broad SMARTS) is 1.